The van der Waals surface area contributed by atoms with E-state index >= 15 is 0 Å². The van der Waals surface area contributed by atoms with Crippen molar-refractivity contribution in [1.29, 1.82) is 0 Å². The Hall–Kier alpha value is -3.14. The molecular formula is C28H24Cl2N4O4S. The summed E-state index contributed by atoms with van der Waals surface area (Å²) in [6.45, 7) is 1.73. The lowest BCUT2D eigenvalue weighted by Gasteiger charge is -2.46. The number of ether oxygens (including phenoxy) is 1. The molecule has 39 heavy (non-hydrogen) atoms. The van der Waals surface area contributed by atoms with Gasteiger partial charge in [0.05, 0.1) is 27.4 Å². The number of nitrogens with zero attached hydrogens (tertiary/aromatic N) is 4. The number of halogens is 2. The zero-order valence-corrected chi connectivity index (χ0v) is 23.4. The Labute approximate surface area is 238 Å². The quantitative estimate of drug-likeness (QED) is 0.252. The van der Waals surface area contributed by atoms with Crippen molar-refractivity contribution in [3.05, 3.63) is 57.5 Å². The van der Waals surface area contributed by atoms with Gasteiger partial charge in [-0.3, -0.25) is 4.98 Å². The molecule has 200 valence electrons. The van der Waals surface area contributed by atoms with Crippen LogP contribution in [0, 0.1) is 5.41 Å². The molecule has 1 aliphatic heterocycles. The van der Waals surface area contributed by atoms with Gasteiger partial charge in [0, 0.05) is 42.5 Å². The van der Waals surface area contributed by atoms with Gasteiger partial charge < -0.3 is 19.3 Å². The Kier molecular flexibility index (Phi) is 5.88. The number of hydrogen-bond acceptors (Lipinski definition) is 8. The second-order valence-electron chi connectivity index (χ2n) is 10.5. The molecule has 0 unspecified atom stereocenters. The van der Waals surface area contributed by atoms with E-state index in [2.05, 4.69) is 21.1 Å². The number of methoxy groups -OCH3 is 1. The van der Waals surface area contributed by atoms with E-state index in [1.165, 1.54) is 30.1 Å². The lowest BCUT2D eigenvalue weighted by Crippen LogP contribution is -2.42. The highest BCUT2D eigenvalue weighted by Gasteiger charge is 2.44. The van der Waals surface area contributed by atoms with Crippen molar-refractivity contribution < 1.29 is 19.2 Å². The molecule has 0 amide bonds. The fourth-order valence-corrected chi connectivity index (χ4v) is 7.41. The Morgan fingerprint density at radius 1 is 1.18 bits per heavy atom. The summed E-state index contributed by atoms with van der Waals surface area (Å²) in [5.74, 6) is 0.846. The predicted octanol–water partition coefficient (Wildman–Crippen LogP) is 7.31. The van der Waals surface area contributed by atoms with Gasteiger partial charge in [0.1, 0.15) is 22.7 Å². The van der Waals surface area contributed by atoms with Gasteiger partial charge in [0.25, 0.3) is 0 Å². The van der Waals surface area contributed by atoms with Gasteiger partial charge >= 0.3 is 5.97 Å². The highest BCUT2D eigenvalue weighted by atomic mass is 35.5. The fraction of sp³-hybridized carbons (Fsp3) is 0.357. The molecule has 1 saturated carbocycles. The topological polar surface area (TPSA) is 102 Å². The van der Waals surface area contributed by atoms with Gasteiger partial charge in [-0.15, -0.1) is 0 Å². The lowest BCUT2D eigenvalue weighted by molar-refractivity contribution is 0.0696. The second kappa shape index (κ2) is 9.21. The molecular weight excluding hydrogens is 559 g/mol. The number of hydrogen-bond donors (Lipinski definition) is 1. The summed E-state index contributed by atoms with van der Waals surface area (Å²) in [6.07, 6.45) is 10.7. The van der Waals surface area contributed by atoms with Crippen LogP contribution >= 0.6 is 34.5 Å². The number of rotatable bonds is 6. The molecule has 11 heteroatoms. The average molecular weight is 583 g/mol. The Morgan fingerprint density at radius 2 is 1.90 bits per heavy atom. The molecule has 2 fully saturated rings. The Balaban J connectivity index is 1.15. The maximum Gasteiger partial charge on any atom is 0.335 e. The predicted molar refractivity (Wildman–Crippen MR) is 151 cm³/mol. The summed E-state index contributed by atoms with van der Waals surface area (Å²) >= 11 is 14.5. The van der Waals surface area contributed by atoms with Gasteiger partial charge in [-0.25, -0.2) is 9.78 Å². The molecule has 3 aromatic heterocycles. The van der Waals surface area contributed by atoms with E-state index in [1.54, 1.807) is 18.5 Å². The SMILES string of the molecule is COc1cc(C(=O)O)cc2sc(N3CCC4(C=C(c5c(-c6c(Cl)cncc6Cl)noc5C5CC5)C4)CC3)nc12. The second-order valence-corrected chi connectivity index (χ2v) is 12.4. The van der Waals surface area contributed by atoms with E-state index in [0.29, 0.717) is 38.5 Å². The van der Waals surface area contributed by atoms with E-state index < -0.39 is 5.97 Å². The van der Waals surface area contributed by atoms with Crippen LogP contribution in [0.2, 0.25) is 10.0 Å². The number of benzene rings is 1. The number of thiazole rings is 1. The number of anilines is 1. The van der Waals surface area contributed by atoms with Crippen molar-refractivity contribution in [3.8, 4) is 17.0 Å². The van der Waals surface area contributed by atoms with Crippen LogP contribution in [0.1, 0.15) is 59.7 Å². The van der Waals surface area contributed by atoms with E-state index in [0.717, 1.165) is 66.3 Å². The van der Waals surface area contributed by atoms with Crippen LogP contribution in [0.15, 0.2) is 35.1 Å². The third-order valence-corrected chi connectivity index (χ3v) is 9.68. The maximum absolute atomic E-state index is 11.5. The van der Waals surface area contributed by atoms with Gasteiger partial charge in [-0.05, 0) is 55.2 Å². The van der Waals surface area contributed by atoms with Crippen molar-refractivity contribution in [2.24, 2.45) is 5.41 Å². The van der Waals surface area contributed by atoms with Crippen molar-refractivity contribution in [2.45, 2.75) is 38.0 Å². The van der Waals surface area contributed by atoms with E-state index in [9.17, 15) is 9.90 Å². The number of allylic oxidation sites excluding steroid dienone is 2. The van der Waals surface area contributed by atoms with Crippen LogP contribution in [0.5, 0.6) is 5.75 Å². The molecule has 4 heterocycles. The van der Waals surface area contributed by atoms with Crippen molar-refractivity contribution >= 4 is 61.4 Å². The van der Waals surface area contributed by atoms with Crippen LogP contribution < -0.4 is 9.64 Å². The largest absolute Gasteiger partial charge is 0.494 e. The zero-order chi connectivity index (χ0) is 26.9. The lowest BCUT2D eigenvalue weighted by atomic mass is 9.63. The average Bonchev–Trinajstić information content (AvgIpc) is 3.51. The number of pyridine rings is 1. The summed E-state index contributed by atoms with van der Waals surface area (Å²) in [7, 11) is 1.54. The number of carbonyl (C=O) groups is 1. The molecule has 0 atom stereocenters. The summed E-state index contributed by atoms with van der Waals surface area (Å²) in [6, 6.07) is 3.20. The molecule has 1 spiro atoms. The molecule has 2 aliphatic carbocycles. The van der Waals surface area contributed by atoms with Crippen LogP contribution in [0.25, 0.3) is 27.0 Å². The van der Waals surface area contributed by atoms with Crippen LogP contribution in [0.4, 0.5) is 5.13 Å². The van der Waals surface area contributed by atoms with Gasteiger partial charge in [-0.2, -0.15) is 0 Å². The summed E-state index contributed by atoms with van der Waals surface area (Å²) in [4.78, 5) is 22.7. The Morgan fingerprint density at radius 3 is 2.54 bits per heavy atom. The fourth-order valence-electron chi connectivity index (χ4n) is 5.79. The zero-order valence-electron chi connectivity index (χ0n) is 21.0. The first-order chi connectivity index (χ1) is 18.9. The monoisotopic (exact) mass is 582 g/mol. The minimum Gasteiger partial charge on any atom is -0.494 e. The minimum atomic E-state index is -0.980. The van der Waals surface area contributed by atoms with Crippen LogP contribution in [0.3, 0.4) is 0 Å². The third-order valence-electron chi connectivity index (χ3n) is 8.05. The number of carboxylic acids is 1. The first-order valence-corrected chi connectivity index (χ1v) is 14.4. The minimum absolute atomic E-state index is 0.123. The number of fused-ring (bicyclic) bond motifs is 1. The molecule has 4 aromatic rings. The van der Waals surface area contributed by atoms with Gasteiger partial charge in [-0.1, -0.05) is 45.8 Å². The molecule has 3 aliphatic rings. The van der Waals surface area contributed by atoms with Gasteiger partial charge in [0.2, 0.25) is 0 Å². The first kappa shape index (κ1) is 24.9. The molecule has 0 bridgehead atoms. The number of aromatic nitrogens is 3. The van der Waals surface area contributed by atoms with E-state index in [-0.39, 0.29) is 11.0 Å². The molecule has 7 rings (SSSR count). The van der Waals surface area contributed by atoms with E-state index in [4.69, 9.17) is 37.4 Å². The highest BCUT2D eigenvalue weighted by molar-refractivity contribution is 7.22. The van der Waals surface area contributed by atoms with Crippen molar-refractivity contribution in [2.75, 3.05) is 25.1 Å². The van der Waals surface area contributed by atoms with Crippen LogP contribution in [-0.2, 0) is 0 Å². The third kappa shape index (κ3) is 4.18. The molecule has 8 nitrogen and oxygen atoms in total. The molecule has 0 radical (unpaired) electrons. The summed E-state index contributed by atoms with van der Waals surface area (Å²) < 4.78 is 12.1. The summed E-state index contributed by atoms with van der Waals surface area (Å²) in [5, 5.41) is 15.7. The number of aromatic carboxylic acids is 1. The molecule has 1 saturated heterocycles. The Bertz CT molecular complexity index is 1650. The van der Waals surface area contributed by atoms with Gasteiger partial charge in [0.15, 0.2) is 5.13 Å². The van der Waals surface area contributed by atoms with Crippen molar-refractivity contribution in [3.63, 3.8) is 0 Å². The summed E-state index contributed by atoms with van der Waals surface area (Å²) in [5.41, 5.74) is 4.70. The normalized spacial score (nSPS) is 18.3. The van der Waals surface area contributed by atoms with Crippen LogP contribution in [-0.4, -0.2) is 46.4 Å². The standard InChI is InChI=1S/C28H24Cl2N4O4S/c1-37-19-8-15(26(35)36)9-20-23(19)32-27(39-20)34-6-4-28(5-7-34)10-16(11-28)21-24(33-38-25(21)14-2-3-14)22-17(29)12-31-13-18(22)30/h8-10,12-14H,2-7,11H2,1H3,(H,35,36). The molecule has 1 aromatic carbocycles. The first-order valence-electron chi connectivity index (χ1n) is 12.8. The number of piperidine rings is 1. The van der Waals surface area contributed by atoms with E-state index in [1.807, 2.05) is 0 Å². The number of carboxylic acid groups (broad SMARTS) is 1. The smallest absolute Gasteiger partial charge is 0.335 e. The van der Waals surface area contributed by atoms with Crippen molar-refractivity contribution in [1.82, 2.24) is 15.1 Å². The molecule has 1 N–H and O–H groups in total. The highest BCUT2D eigenvalue weighted by Crippen LogP contribution is 2.56. The maximum atomic E-state index is 11.5.